The van der Waals surface area contributed by atoms with E-state index >= 15 is 0 Å². The fraction of sp³-hybridized carbons (Fsp3) is 0.250. The number of halogens is 3. The molecule has 1 unspecified atom stereocenters. The Balaban J connectivity index is 0.000000816. The summed E-state index contributed by atoms with van der Waals surface area (Å²) in [6, 6.07) is 11.0. The first-order valence-corrected chi connectivity index (χ1v) is 15.8. The zero-order chi connectivity index (χ0) is 17.6. The van der Waals surface area contributed by atoms with Gasteiger partial charge in [-0.15, -0.1) is 0 Å². The molecule has 0 heterocycles. The first-order chi connectivity index (χ1) is 10.7. The minimum atomic E-state index is -1.59. The Labute approximate surface area is 157 Å². The van der Waals surface area contributed by atoms with Crippen LogP contribution in [0.4, 0.5) is 4.39 Å². The molecule has 0 aliphatic carbocycles. The SMILES string of the molecule is Cc1cccc(F)c1Pc1cccc([Si](C)(C)C)c1O.[Cl][Ti][Cl]. The fourth-order valence-corrected chi connectivity index (χ4v) is 4.93. The van der Waals surface area contributed by atoms with Crippen molar-refractivity contribution in [1.29, 1.82) is 0 Å². The summed E-state index contributed by atoms with van der Waals surface area (Å²) in [5.74, 6) is 0.161. The van der Waals surface area contributed by atoms with Crippen molar-refractivity contribution in [3.8, 4) is 5.75 Å². The number of rotatable bonds is 3. The molecular weight excluding hydrogens is 405 g/mol. The summed E-state index contributed by atoms with van der Waals surface area (Å²) < 4.78 is 13.9. The van der Waals surface area contributed by atoms with E-state index in [0.717, 1.165) is 16.1 Å². The van der Waals surface area contributed by atoms with E-state index in [1.165, 1.54) is 6.07 Å². The van der Waals surface area contributed by atoms with E-state index < -0.39 is 25.1 Å². The monoisotopic (exact) mass is 424 g/mol. The normalized spacial score (nSPS) is 11.3. The minimum absolute atomic E-state index is 0.146. The van der Waals surface area contributed by atoms with Gasteiger partial charge < -0.3 is 5.11 Å². The van der Waals surface area contributed by atoms with Crippen molar-refractivity contribution in [3.05, 3.63) is 47.8 Å². The summed E-state index contributed by atoms with van der Waals surface area (Å²) in [4.78, 5) is 0. The molecule has 0 amide bonds. The Morgan fingerprint density at radius 2 is 1.65 bits per heavy atom. The number of benzene rings is 2. The molecule has 1 atom stereocenters. The van der Waals surface area contributed by atoms with Crippen molar-refractivity contribution < 1.29 is 26.5 Å². The van der Waals surface area contributed by atoms with Crippen LogP contribution >= 0.6 is 27.2 Å². The summed E-state index contributed by atoms with van der Waals surface area (Å²) >= 11 is -0.556. The van der Waals surface area contributed by atoms with Gasteiger partial charge in [0.15, 0.2) is 0 Å². The first kappa shape index (κ1) is 21.2. The van der Waals surface area contributed by atoms with Gasteiger partial charge in [0.1, 0.15) is 11.6 Å². The van der Waals surface area contributed by atoms with Gasteiger partial charge in [-0.2, -0.15) is 0 Å². The van der Waals surface area contributed by atoms with Crippen LogP contribution in [0, 0.1) is 12.7 Å². The number of phenolic OH excluding ortho intramolecular Hbond substituents is 1. The van der Waals surface area contributed by atoms with Crippen LogP contribution in [0.1, 0.15) is 5.56 Å². The molecule has 124 valence electrons. The first-order valence-electron chi connectivity index (χ1n) is 7.03. The van der Waals surface area contributed by atoms with Crippen LogP contribution in [0.2, 0.25) is 19.6 Å². The van der Waals surface area contributed by atoms with Crippen molar-refractivity contribution in [3.63, 3.8) is 0 Å². The van der Waals surface area contributed by atoms with Crippen LogP contribution in [0.15, 0.2) is 36.4 Å². The van der Waals surface area contributed by atoms with Crippen LogP contribution in [0.3, 0.4) is 0 Å². The molecule has 0 aliphatic heterocycles. The molecule has 2 aromatic rings. The molecule has 1 nitrogen and oxygen atoms in total. The molecule has 23 heavy (non-hydrogen) atoms. The Kier molecular flexibility index (Phi) is 8.79. The van der Waals surface area contributed by atoms with Crippen LogP contribution in [0.25, 0.3) is 0 Å². The standard InChI is InChI=1S/C16H20FOPSi.2ClH.Ti/c1-11-7-5-8-12(17)16(11)19-13-9-6-10-14(15(13)18)20(2,3)4;;;/h5-10,18-19H,1-4H3;2*1H;/q;;;+2/p-2. The van der Waals surface area contributed by atoms with Gasteiger partial charge in [0, 0.05) is 10.6 Å². The molecule has 0 bridgehead atoms. The predicted molar refractivity (Wildman–Crippen MR) is 102 cm³/mol. The molecule has 0 fully saturated rings. The Bertz CT molecular complexity index is 645. The van der Waals surface area contributed by atoms with Crippen LogP contribution in [-0.4, -0.2) is 13.2 Å². The van der Waals surface area contributed by atoms with Crippen LogP contribution < -0.4 is 15.8 Å². The fourth-order valence-electron chi connectivity index (χ4n) is 2.17. The topological polar surface area (TPSA) is 20.2 Å². The third kappa shape index (κ3) is 6.16. The molecule has 0 saturated carbocycles. The number of hydrogen-bond acceptors (Lipinski definition) is 1. The quantitative estimate of drug-likeness (QED) is 0.572. The van der Waals surface area contributed by atoms with Gasteiger partial charge in [0.05, 0.1) is 8.07 Å². The molecular formula is C16H20Cl2FOPSiTi. The second kappa shape index (κ2) is 9.56. The van der Waals surface area contributed by atoms with E-state index in [0.29, 0.717) is 11.1 Å². The van der Waals surface area contributed by atoms with E-state index in [4.69, 9.17) is 18.6 Å². The van der Waals surface area contributed by atoms with E-state index in [1.807, 2.05) is 31.2 Å². The zero-order valence-corrected chi connectivity index (χ0v) is 18.6. The second-order valence-electron chi connectivity index (χ2n) is 6.08. The van der Waals surface area contributed by atoms with E-state index in [-0.39, 0.29) is 14.4 Å². The van der Waals surface area contributed by atoms with Gasteiger partial charge in [-0.05, 0) is 23.7 Å². The van der Waals surface area contributed by atoms with Crippen molar-refractivity contribution in [2.45, 2.75) is 26.6 Å². The Hall–Kier alpha value is 0.111. The Morgan fingerprint density at radius 1 is 1.09 bits per heavy atom. The summed E-state index contributed by atoms with van der Waals surface area (Å²) in [6.45, 7) is 8.50. The number of para-hydroxylation sites is 1. The average molecular weight is 425 g/mol. The van der Waals surface area contributed by atoms with Gasteiger partial charge in [-0.1, -0.05) is 58.6 Å². The van der Waals surface area contributed by atoms with Crippen molar-refractivity contribution in [1.82, 2.24) is 0 Å². The third-order valence-corrected chi connectivity index (χ3v) is 6.90. The van der Waals surface area contributed by atoms with E-state index in [9.17, 15) is 9.50 Å². The van der Waals surface area contributed by atoms with Crippen molar-refractivity contribution in [2.24, 2.45) is 0 Å². The molecule has 1 N–H and O–H groups in total. The van der Waals surface area contributed by atoms with Crippen LogP contribution in [-0.2, 0) is 17.0 Å². The second-order valence-corrected chi connectivity index (χ2v) is 15.0. The van der Waals surface area contributed by atoms with Crippen molar-refractivity contribution >= 4 is 51.1 Å². The molecule has 0 aliphatic rings. The molecule has 0 spiro atoms. The van der Waals surface area contributed by atoms with Gasteiger partial charge in [0.2, 0.25) is 0 Å². The van der Waals surface area contributed by atoms with Gasteiger partial charge >= 0.3 is 35.6 Å². The summed E-state index contributed by atoms with van der Waals surface area (Å²) in [7, 11) is 8.33. The predicted octanol–water partition coefficient (Wildman–Crippen LogP) is 4.39. The summed E-state index contributed by atoms with van der Waals surface area (Å²) in [5.41, 5.74) is 0.932. The maximum atomic E-state index is 13.9. The van der Waals surface area contributed by atoms with Gasteiger partial charge in [-0.25, -0.2) is 4.39 Å². The summed E-state index contributed by atoms with van der Waals surface area (Å²) in [5, 5.41) is 13.0. The van der Waals surface area contributed by atoms with Crippen molar-refractivity contribution in [2.75, 3.05) is 0 Å². The van der Waals surface area contributed by atoms with Gasteiger partial charge in [-0.3, -0.25) is 0 Å². The van der Waals surface area contributed by atoms with E-state index in [1.54, 1.807) is 6.07 Å². The number of hydrogen-bond donors (Lipinski definition) is 1. The molecule has 0 saturated heterocycles. The number of aromatic hydroxyl groups is 1. The van der Waals surface area contributed by atoms with Crippen LogP contribution in [0.5, 0.6) is 5.75 Å². The number of phenols is 1. The maximum absolute atomic E-state index is 13.9. The molecule has 0 radical (unpaired) electrons. The Morgan fingerprint density at radius 3 is 2.17 bits per heavy atom. The molecule has 2 aromatic carbocycles. The van der Waals surface area contributed by atoms with E-state index in [2.05, 4.69) is 19.6 Å². The summed E-state index contributed by atoms with van der Waals surface area (Å²) in [6.07, 6.45) is 0. The van der Waals surface area contributed by atoms with Gasteiger partial charge in [0.25, 0.3) is 0 Å². The average Bonchev–Trinajstić information content (AvgIpc) is 2.44. The molecule has 2 rings (SSSR count). The zero-order valence-electron chi connectivity index (χ0n) is 13.5. The molecule has 7 heteroatoms. The third-order valence-electron chi connectivity index (χ3n) is 3.33. The number of aryl methyl sites for hydroxylation is 1. The molecule has 0 aromatic heterocycles.